The minimum absolute atomic E-state index is 0.0981. The highest BCUT2D eigenvalue weighted by Gasteiger charge is 2.20. The summed E-state index contributed by atoms with van der Waals surface area (Å²) in [5.41, 5.74) is 1.21. The summed E-state index contributed by atoms with van der Waals surface area (Å²) >= 11 is 6.11. The molecular formula is C21H19ClN2O3. The Bertz CT molecular complexity index is 895. The molecule has 1 atom stereocenters. The van der Waals surface area contributed by atoms with Crippen molar-refractivity contribution >= 4 is 23.4 Å². The van der Waals surface area contributed by atoms with E-state index in [2.05, 4.69) is 10.6 Å². The number of halogens is 1. The second-order valence-electron chi connectivity index (χ2n) is 5.98. The van der Waals surface area contributed by atoms with E-state index in [0.29, 0.717) is 22.9 Å². The van der Waals surface area contributed by atoms with E-state index in [1.807, 2.05) is 30.3 Å². The summed E-state index contributed by atoms with van der Waals surface area (Å²) < 4.78 is 5.21. The Hall–Kier alpha value is -3.05. The Balaban J connectivity index is 1.70. The van der Waals surface area contributed by atoms with Gasteiger partial charge in [-0.2, -0.15) is 0 Å². The zero-order valence-corrected chi connectivity index (χ0v) is 15.3. The summed E-state index contributed by atoms with van der Waals surface area (Å²) in [6, 6.07) is 19.2. The summed E-state index contributed by atoms with van der Waals surface area (Å²) in [6.45, 7) is 0.297. The Morgan fingerprint density at radius 3 is 2.41 bits per heavy atom. The fourth-order valence-electron chi connectivity index (χ4n) is 2.68. The number of carbonyl (C=O) groups is 2. The lowest BCUT2D eigenvalue weighted by molar-refractivity contribution is -0.121. The third kappa shape index (κ3) is 5.21. The van der Waals surface area contributed by atoms with Crippen LogP contribution in [0.25, 0.3) is 0 Å². The van der Waals surface area contributed by atoms with E-state index in [4.69, 9.17) is 16.0 Å². The van der Waals surface area contributed by atoms with E-state index in [-0.39, 0.29) is 18.2 Å². The van der Waals surface area contributed by atoms with Crippen LogP contribution in [0.5, 0.6) is 0 Å². The van der Waals surface area contributed by atoms with Gasteiger partial charge in [0.2, 0.25) is 5.91 Å². The van der Waals surface area contributed by atoms with Crippen LogP contribution < -0.4 is 10.6 Å². The number of hydrogen-bond donors (Lipinski definition) is 2. The molecule has 0 spiro atoms. The fourth-order valence-corrected chi connectivity index (χ4v) is 2.90. The average molecular weight is 383 g/mol. The third-order valence-corrected chi connectivity index (χ3v) is 4.38. The molecule has 0 unspecified atom stereocenters. The molecule has 3 aromatic rings. The van der Waals surface area contributed by atoms with Gasteiger partial charge >= 0.3 is 0 Å². The highest BCUT2D eigenvalue weighted by Crippen LogP contribution is 2.20. The molecule has 0 aliphatic heterocycles. The van der Waals surface area contributed by atoms with Gasteiger partial charge < -0.3 is 15.1 Å². The van der Waals surface area contributed by atoms with Gasteiger partial charge in [0.15, 0.2) is 0 Å². The van der Waals surface area contributed by atoms with E-state index < -0.39 is 6.04 Å². The first-order valence-electron chi connectivity index (χ1n) is 8.53. The number of amides is 2. The summed E-state index contributed by atoms with van der Waals surface area (Å²) in [5, 5.41) is 6.07. The molecule has 27 heavy (non-hydrogen) atoms. The number of furan rings is 1. The molecule has 0 saturated heterocycles. The molecule has 0 aliphatic carbocycles. The van der Waals surface area contributed by atoms with Crippen molar-refractivity contribution < 1.29 is 14.0 Å². The van der Waals surface area contributed by atoms with E-state index >= 15 is 0 Å². The molecule has 2 amide bonds. The standard InChI is InChI=1S/C21H19ClN2O3/c22-18-11-5-4-10-17(18)21(26)24-19(15-7-2-1-3-8-15)13-20(25)23-14-16-9-6-12-27-16/h1-12,19H,13-14H2,(H,23,25)(H,24,26)/t19-/m0/s1. The van der Waals surface area contributed by atoms with Crippen LogP contribution in [0, 0.1) is 0 Å². The molecule has 5 nitrogen and oxygen atoms in total. The normalized spacial score (nSPS) is 11.6. The lowest BCUT2D eigenvalue weighted by Crippen LogP contribution is -2.33. The van der Waals surface area contributed by atoms with Gasteiger partial charge in [-0.05, 0) is 29.8 Å². The molecule has 138 valence electrons. The summed E-state index contributed by atoms with van der Waals surface area (Å²) in [7, 11) is 0. The van der Waals surface area contributed by atoms with E-state index in [9.17, 15) is 9.59 Å². The van der Waals surface area contributed by atoms with Crippen molar-refractivity contribution in [1.29, 1.82) is 0 Å². The van der Waals surface area contributed by atoms with Crippen LogP contribution in [0.1, 0.15) is 34.1 Å². The van der Waals surface area contributed by atoms with Crippen LogP contribution in [0.2, 0.25) is 5.02 Å². The van der Waals surface area contributed by atoms with Gasteiger partial charge in [-0.15, -0.1) is 0 Å². The van der Waals surface area contributed by atoms with Gasteiger partial charge in [-0.1, -0.05) is 54.1 Å². The predicted octanol–water partition coefficient (Wildman–Crippen LogP) is 4.11. The molecule has 1 heterocycles. The molecule has 0 bridgehead atoms. The number of nitrogens with one attached hydrogen (secondary N) is 2. The van der Waals surface area contributed by atoms with Gasteiger partial charge in [0, 0.05) is 0 Å². The number of benzene rings is 2. The summed E-state index contributed by atoms with van der Waals surface area (Å²) in [4.78, 5) is 25.0. The first-order valence-corrected chi connectivity index (χ1v) is 8.90. The Kier molecular flexibility index (Phi) is 6.28. The van der Waals surface area contributed by atoms with Crippen LogP contribution in [-0.4, -0.2) is 11.8 Å². The van der Waals surface area contributed by atoms with Crippen molar-refractivity contribution in [3.05, 3.63) is 94.9 Å². The van der Waals surface area contributed by atoms with Crippen LogP contribution in [-0.2, 0) is 11.3 Å². The maximum atomic E-state index is 12.6. The maximum absolute atomic E-state index is 12.6. The molecule has 0 saturated carbocycles. The Morgan fingerprint density at radius 1 is 0.963 bits per heavy atom. The second kappa shape index (κ2) is 9.05. The van der Waals surface area contributed by atoms with Crippen molar-refractivity contribution in [3.63, 3.8) is 0 Å². The van der Waals surface area contributed by atoms with Gasteiger partial charge in [0.05, 0.1) is 35.9 Å². The predicted molar refractivity (Wildman–Crippen MR) is 103 cm³/mol. The van der Waals surface area contributed by atoms with Crippen molar-refractivity contribution in [3.8, 4) is 0 Å². The molecule has 2 aromatic carbocycles. The maximum Gasteiger partial charge on any atom is 0.253 e. The zero-order chi connectivity index (χ0) is 19.1. The van der Waals surface area contributed by atoms with E-state index in [0.717, 1.165) is 5.56 Å². The molecule has 0 aliphatic rings. The smallest absolute Gasteiger partial charge is 0.253 e. The van der Waals surface area contributed by atoms with Crippen LogP contribution in [0.4, 0.5) is 0 Å². The molecule has 6 heteroatoms. The molecule has 3 rings (SSSR count). The number of hydrogen-bond acceptors (Lipinski definition) is 3. The monoisotopic (exact) mass is 382 g/mol. The lowest BCUT2D eigenvalue weighted by Gasteiger charge is -2.19. The van der Waals surface area contributed by atoms with Crippen LogP contribution >= 0.6 is 11.6 Å². The molecule has 2 N–H and O–H groups in total. The molecule has 1 aromatic heterocycles. The Labute approximate surface area is 162 Å². The molecule has 0 fully saturated rings. The minimum atomic E-state index is -0.480. The van der Waals surface area contributed by atoms with E-state index in [1.54, 1.807) is 42.7 Å². The van der Waals surface area contributed by atoms with Crippen molar-refractivity contribution in [2.45, 2.75) is 19.0 Å². The first-order chi connectivity index (χ1) is 13.1. The third-order valence-electron chi connectivity index (χ3n) is 4.06. The Morgan fingerprint density at radius 2 is 1.70 bits per heavy atom. The lowest BCUT2D eigenvalue weighted by atomic mass is 10.0. The first kappa shape index (κ1) is 18.7. The van der Waals surface area contributed by atoms with Gasteiger partial charge in [-0.3, -0.25) is 9.59 Å². The van der Waals surface area contributed by atoms with Crippen molar-refractivity contribution in [2.75, 3.05) is 0 Å². The number of rotatable bonds is 7. The summed E-state index contributed by atoms with van der Waals surface area (Å²) in [6.07, 6.45) is 1.65. The SMILES string of the molecule is O=C(C[C@H](NC(=O)c1ccccc1Cl)c1ccccc1)NCc1ccco1. The molecular weight excluding hydrogens is 364 g/mol. The van der Waals surface area contributed by atoms with Crippen LogP contribution in [0.15, 0.2) is 77.4 Å². The van der Waals surface area contributed by atoms with E-state index in [1.165, 1.54) is 0 Å². The number of carbonyl (C=O) groups excluding carboxylic acids is 2. The topological polar surface area (TPSA) is 71.3 Å². The average Bonchev–Trinajstić information content (AvgIpc) is 3.20. The second-order valence-corrected chi connectivity index (χ2v) is 6.38. The molecule has 0 radical (unpaired) electrons. The largest absolute Gasteiger partial charge is 0.467 e. The van der Waals surface area contributed by atoms with Crippen LogP contribution in [0.3, 0.4) is 0 Å². The highest BCUT2D eigenvalue weighted by molar-refractivity contribution is 6.33. The summed E-state index contributed by atoms with van der Waals surface area (Å²) in [5.74, 6) is 0.146. The van der Waals surface area contributed by atoms with Crippen molar-refractivity contribution in [1.82, 2.24) is 10.6 Å². The minimum Gasteiger partial charge on any atom is -0.467 e. The quantitative estimate of drug-likeness (QED) is 0.646. The van der Waals surface area contributed by atoms with Crippen molar-refractivity contribution in [2.24, 2.45) is 0 Å². The zero-order valence-electron chi connectivity index (χ0n) is 14.5. The van der Waals surface area contributed by atoms with Gasteiger partial charge in [0.25, 0.3) is 5.91 Å². The van der Waals surface area contributed by atoms with Gasteiger partial charge in [-0.25, -0.2) is 0 Å². The van der Waals surface area contributed by atoms with Gasteiger partial charge in [0.1, 0.15) is 5.76 Å². The fraction of sp³-hybridized carbons (Fsp3) is 0.143. The highest BCUT2D eigenvalue weighted by atomic mass is 35.5.